The zero-order chi connectivity index (χ0) is 17.6. The van der Waals surface area contributed by atoms with Crippen LogP contribution in [0.25, 0.3) is 11.3 Å². The number of benzene rings is 2. The molecule has 1 aromatic heterocycles. The average molecular weight is 350 g/mol. The van der Waals surface area contributed by atoms with Gasteiger partial charge in [-0.3, -0.25) is 4.79 Å². The molecule has 0 radical (unpaired) electrons. The largest absolute Gasteiger partial charge is 0.339 e. The lowest BCUT2D eigenvalue weighted by Gasteiger charge is -2.05. The molecule has 1 amide bonds. The fraction of sp³-hybridized carbons (Fsp3) is 0.100. The number of hydrogen-bond donors (Lipinski definition) is 2. The van der Waals surface area contributed by atoms with Crippen molar-refractivity contribution in [3.8, 4) is 11.3 Å². The van der Waals surface area contributed by atoms with E-state index >= 15 is 0 Å². The number of nitrogens with one attached hydrogen (secondary N) is 2. The van der Waals surface area contributed by atoms with Gasteiger partial charge in [0.25, 0.3) is 0 Å². The molecule has 0 saturated heterocycles. The summed E-state index contributed by atoms with van der Waals surface area (Å²) in [5.41, 5.74) is 4.08. The Labute approximate surface area is 151 Å². The van der Waals surface area contributed by atoms with Gasteiger partial charge in [-0.1, -0.05) is 54.3 Å². The van der Waals surface area contributed by atoms with E-state index in [2.05, 4.69) is 39.3 Å². The number of anilines is 3. The van der Waals surface area contributed by atoms with Gasteiger partial charge in [-0.2, -0.15) is 0 Å². The van der Waals surface area contributed by atoms with Crippen molar-refractivity contribution >= 4 is 33.8 Å². The summed E-state index contributed by atoms with van der Waals surface area (Å²) in [6.07, 6.45) is 1.89. The number of allylic oxidation sites excluding steroid dienone is 1. The standard InChI is InChI=1S/C20H19N3OS/c1-3-13-23-19(16-7-5-4-6-8-16)14-25-20(23)22-18-11-9-17(10-12-18)21-15(2)24/h3-12,14H,1,13H2,2H3,(H,21,24)/p+1. The highest BCUT2D eigenvalue weighted by Gasteiger charge is 2.18. The van der Waals surface area contributed by atoms with Gasteiger partial charge in [-0.25, -0.2) is 9.88 Å². The van der Waals surface area contributed by atoms with Gasteiger partial charge in [-0.05, 0) is 24.3 Å². The van der Waals surface area contributed by atoms with Gasteiger partial charge in [-0.15, -0.1) is 0 Å². The summed E-state index contributed by atoms with van der Waals surface area (Å²) < 4.78 is 2.20. The second kappa shape index (κ2) is 7.77. The highest BCUT2D eigenvalue weighted by molar-refractivity contribution is 7.13. The van der Waals surface area contributed by atoms with E-state index < -0.39 is 0 Å². The molecule has 3 aromatic rings. The summed E-state index contributed by atoms with van der Waals surface area (Å²) >= 11 is 1.65. The van der Waals surface area contributed by atoms with Crippen molar-refractivity contribution in [3.05, 3.63) is 72.6 Å². The molecule has 0 aliphatic carbocycles. The lowest BCUT2D eigenvalue weighted by Crippen LogP contribution is -2.35. The zero-order valence-corrected chi connectivity index (χ0v) is 14.8. The van der Waals surface area contributed by atoms with Crippen molar-refractivity contribution in [2.75, 3.05) is 10.6 Å². The molecular formula is C20H20N3OS+. The highest BCUT2D eigenvalue weighted by Crippen LogP contribution is 2.26. The lowest BCUT2D eigenvalue weighted by atomic mass is 10.2. The summed E-state index contributed by atoms with van der Waals surface area (Å²) in [4.78, 5) is 11.1. The van der Waals surface area contributed by atoms with E-state index in [9.17, 15) is 4.79 Å². The van der Waals surface area contributed by atoms with Crippen molar-refractivity contribution in [2.24, 2.45) is 0 Å². The van der Waals surface area contributed by atoms with Crippen LogP contribution in [0.3, 0.4) is 0 Å². The topological polar surface area (TPSA) is 45.0 Å². The van der Waals surface area contributed by atoms with Crippen LogP contribution in [0.2, 0.25) is 0 Å². The monoisotopic (exact) mass is 350 g/mol. The van der Waals surface area contributed by atoms with E-state index in [0.29, 0.717) is 0 Å². The molecule has 0 saturated carbocycles. The Morgan fingerprint density at radius 3 is 2.44 bits per heavy atom. The van der Waals surface area contributed by atoms with Gasteiger partial charge < -0.3 is 5.32 Å². The first-order valence-electron chi connectivity index (χ1n) is 7.99. The third kappa shape index (κ3) is 4.14. The van der Waals surface area contributed by atoms with Crippen LogP contribution < -0.4 is 15.2 Å². The maximum atomic E-state index is 11.1. The zero-order valence-electron chi connectivity index (χ0n) is 14.0. The van der Waals surface area contributed by atoms with Gasteiger partial charge >= 0.3 is 5.13 Å². The molecule has 0 unspecified atom stereocenters. The van der Waals surface area contributed by atoms with Crippen molar-refractivity contribution in [3.63, 3.8) is 0 Å². The maximum absolute atomic E-state index is 11.1. The van der Waals surface area contributed by atoms with E-state index in [1.165, 1.54) is 12.5 Å². The summed E-state index contributed by atoms with van der Waals surface area (Å²) in [5, 5.41) is 9.40. The Hall–Kier alpha value is -2.92. The second-order valence-electron chi connectivity index (χ2n) is 5.57. The Morgan fingerprint density at radius 2 is 1.80 bits per heavy atom. The van der Waals surface area contributed by atoms with Crippen LogP contribution >= 0.6 is 11.3 Å². The fourth-order valence-corrected chi connectivity index (χ4v) is 3.52. The quantitative estimate of drug-likeness (QED) is 0.504. The Balaban J connectivity index is 1.86. The third-order valence-corrected chi connectivity index (χ3v) is 4.54. The van der Waals surface area contributed by atoms with E-state index in [4.69, 9.17) is 0 Å². The molecule has 3 rings (SSSR count). The molecule has 5 heteroatoms. The van der Waals surface area contributed by atoms with Crippen LogP contribution in [0.5, 0.6) is 0 Å². The third-order valence-electron chi connectivity index (χ3n) is 3.66. The van der Waals surface area contributed by atoms with Crippen LogP contribution in [0.1, 0.15) is 6.92 Å². The first-order valence-corrected chi connectivity index (χ1v) is 8.87. The number of hydrogen-bond acceptors (Lipinski definition) is 3. The summed E-state index contributed by atoms with van der Waals surface area (Å²) in [5.74, 6) is -0.0738. The second-order valence-corrected chi connectivity index (χ2v) is 6.43. The molecule has 0 spiro atoms. The van der Waals surface area contributed by atoms with Crippen LogP contribution in [-0.2, 0) is 11.3 Å². The van der Waals surface area contributed by atoms with Gasteiger partial charge in [0.2, 0.25) is 5.91 Å². The molecule has 25 heavy (non-hydrogen) atoms. The molecule has 0 aliphatic heterocycles. The van der Waals surface area contributed by atoms with Crippen LogP contribution in [-0.4, -0.2) is 5.91 Å². The first kappa shape index (κ1) is 16.9. The van der Waals surface area contributed by atoms with Gasteiger partial charge in [0.15, 0.2) is 0 Å². The lowest BCUT2D eigenvalue weighted by molar-refractivity contribution is -0.657. The minimum absolute atomic E-state index is 0.0738. The highest BCUT2D eigenvalue weighted by atomic mass is 32.1. The molecule has 2 aromatic carbocycles. The van der Waals surface area contributed by atoms with Gasteiger partial charge in [0.1, 0.15) is 17.9 Å². The van der Waals surface area contributed by atoms with Gasteiger partial charge in [0, 0.05) is 23.6 Å². The minimum atomic E-state index is -0.0738. The number of rotatable bonds is 6. The SMILES string of the molecule is C=CC[n+]1c(-c2ccccc2)csc1Nc1ccc(NC(C)=O)cc1. The van der Waals surface area contributed by atoms with Crippen molar-refractivity contribution in [1.82, 2.24) is 0 Å². The number of thiazole rings is 1. The van der Waals surface area contributed by atoms with Crippen molar-refractivity contribution < 1.29 is 9.36 Å². The number of carbonyl (C=O) groups excluding carboxylic acids is 1. The molecule has 2 N–H and O–H groups in total. The average Bonchev–Trinajstić information content (AvgIpc) is 3.00. The van der Waals surface area contributed by atoms with E-state index in [-0.39, 0.29) is 5.91 Å². The molecular weight excluding hydrogens is 330 g/mol. The Morgan fingerprint density at radius 1 is 1.12 bits per heavy atom. The number of aromatic nitrogens is 1. The normalized spacial score (nSPS) is 10.3. The smallest absolute Gasteiger partial charge is 0.326 e. The van der Waals surface area contributed by atoms with E-state index in [1.54, 1.807) is 11.3 Å². The van der Waals surface area contributed by atoms with Crippen molar-refractivity contribution in [2.45, 2.75) is 13.5 Å². The molecule has 0 fully saturated rings. The molecule has 0 bridgehead atoms. The summed E-state index contributed by atoms with van der Waals surface area (Å²) in [7, 11) is 0. The molecule has 0 aliphatic rings. The fourth-order valence-electron chi connectivity index (χ4n) is 2.55. The number of carbonyl (C=O) groups is 1. The summed E-state index contributed by atoms with van der Waals surface area (Å²) in [6.45, 7) is 6.10. The molecule has 126 valence electrons. The number of nitrogens with zero attached hydrogens (tertiary/aromatic N) is 1. The maximum Gasteiger partial charge on any atom is 0.339 e. The van der Waals surface area contributed by atoms with Crippen molar-refractivity contribution in [1.29, 1.82) is 0 Å². The first-order chi connectivity index (χ1) is 12.2. The molecule has 4 nitrogen and oxygen atoms in total. The van der Waals surface area contributed by atoms with E-state index in [1.807, 2.05) is 48.5 Å². The molecule has 0 atom stereocenters. The van der Waals surface area contributed by atoms with Gasteiger partial charge in [0.05, 0.1) is 0 Å². The Kier molecular flexibility index (Phi) is 5.26. The minimum Gasteiger partial charge on any atom is -0.326 e. The van der Waals surface area contributed by atoms with Crippen LogP contribution in [0, 0.1) is 0 Å². The Bertz CT molecular complexity index is 870. The number of amides is 1. The predicted octanol–water partition coefficient (Wildman–Crippen LogP) is 4.59. The van der Waals surface area contributed by atoms with E-state index in [0.717, 1.165) is 28.7 Å². The molecule has 1 heterocycles. The summed E-state index contributed by atoms with van der Waals surface area (Å²) in [6, 6.07) is 18.0. The predicted molar refractivity (Wildman–Crippen MR) is 104 cm³/mol. The van der Waals surface area contributed by atoms with Crippen LogP contribution in [0.4, 0.5) is 16.5 Å². The van der Waals surface area contributed by atoms with Crippen LogP contribution in [0.15, 0.2) is 72.6 Å².